The topological polar surface area (TPSA) is 92.6 Å². The van der Waals surface area contributed by atoms with Crippen LogP contribution in [-0.4, -0.2) is 26.8 Å². The number of aromatic nitrogens is 2. The fourth-order valence-corrected chi connectivity index (χ4v) is 5.87. The third kappa shape index (κ3) is 4.94. The average Bonchev–Trinajstić information content (AvgIpc) is 3.50. The number of amides is 1. The Bertz CT molecular complexity index is 1800. The number of rotatable bonds is 6. The molecule has 1 N–H and O–H groups in total. The van der Waals surface area contributed by atoms with Crippen LogP contribution < -0.4 is 9.64 Å². The maximum Gasteiger partial charge on any atom is 0.301 e. The molecule has 10 heteroatoms. The number of hydrogen-bond donors (Lipinski definition) is 1. The summed E-state index contributed by atoms with van der Waals surface area (Å²) in [5, 5.41) is 11.5. The summed E-state index contributed by atoms with van der Waals surface area (Å²) in [6.07, 6.45) is 1.53. The summed E-state index contributed by atoms with van der Waals surface area (Å²) in [6, 6.07) is 21.4. The molecule has 7 nitrogen and oxygen atoms in total. The zero-order valence-corrected chi connectivity index (χ0v) is 23.1. The number of aliphatic hydroxyl groups excluding tert-OH is 1. The van der Waals surface area contributed by atoms with E-state index in [1.54, 1.807) is 36.4 Å². The van der Waals surface area contributed by atoms with Gasteiger partial charge in [-0.25, -0.2) is 9.37 Å². The molecule has 0 aliphatic carbocycles. The highest BCUT2D eigenvalue weighted by atomic mass is 35.5. The van der Waals surface area contributed by atoms with Crippen LogP contribution in [-0.2, 0) is 16.2 Å². The molecule has 6 rings (SSSR count). The number of pyridine rings is 1. The molecule has 41 heavy (non-hydrogen) atoms. The van der Waals surface area contributed by atoms with Gasteiger partial charge in [0.25, 0.3) is 5.78 Å². The molecular formula is C31H21ClFN3O4S. The normalized spacial score (nSPS) is 16.5. The summed E-state index contributed by atoms with van der Waals surface area (Å²) in [4.78, 5) is 36.9. The number of anilines is 1. The van der Waals surface area contributed by atoms with E-state index in [9.17, 15) is 19.1 Å². The third-order valence-corrected chi connectivity index (χ3v) is 8.03. The fourth-order valence-electron chi connectivity index (χ4n) is 4.71. The highest BCUT2D eigenvalue weighted by Crippen LogP contribution is 2.44. The molecule has 204 valence electrons. The van der Waals surface area contributed by atoms with Crippen molar-refractivity contribution in [3.05, 3.63) is 124 Å². The van der Waals surface area contributed by atoms with Crippen molar-refractivity contribution in [1.29, 1.82) is 0 Å². The zero-order valence-electron chi connectivity index (χ0n) is 21.5. The monoisotopic (exact) mass is 585 g/mol. The molecule has 0 saturated carbocycles. The summed E-state index contributed by atoms with van der Waals surface area (Å²) >= 11 is 6.97. The molecule has 1 aliphatic heterocycles. The number of thiazole rings is 1. The van der Waals surface area contributed by atoms with E-state index in [4.69, 9.17) is 16.3 Å². The van der Waals surface area contributed by atoms with Gasteiger partial charge in [0.05, 0.1) is 26.5 Å². The highest BCUT2D eigenvalue weighted by Gasteiger charge is 2.48. The Kier molecular flexibility index (Phi) is 6.98. The van der Waals surface area contributed by atoms with E-state index in [0.717, 1.165) is 22.5 Å². The Balaban J connectivity index is 1.41. The highest BCUT2D eigenvalue weighted by molar-refractivity contribution is 7.22. The van der Waals surface area contributed by atoms with Gasteiger partial charge >= 0.3 is 5.91 Å². The molecular weight excluding hydrogens is 565 g/mol. The maximum atomic E-state index is 14.1. The first kappa shape index (κ1) is 26.6. The van der Waals surface area contributed by atoms with Crippen molar-refractivity contribution >= 4 is 55.7 Å². The Morgan fingerprint density at radius 3 is 2.59 bits per heavy atom. The second-order valence-electron chi connectivity index (χ2n) is 9.41. The molecule has 3 heterocycles. The number of ketones is 1. The van der Waals surface area contributed by atoms with Gasteiger partial charge in [-0.05, 0) is 60.5 Å². The molecule has 0 bridgehead atoms. The largest absolute Gasteiger partial charge is 0.507 e. The number of carbonyl (C=O) groups is 2. The molecule has 1 aliphatic rings. The minimum atomic E-state index is -1.06. The Hall–Kier alpha value is -4.60. The SMILES string of the molecule is Cc1cc(/C(O)=C2\C(=O)C(=O)N(c3nc4cc(Cl)c(F)cc4s3)C2c2ccccn2)ccc1OCc1ccccc1. The Morgan fingerprint density at radius 1 is 1.07 bits per heavy atom. The van der Waals surface area contributed by atoms with Crippen molar-refractivity contribution in [2.24, 2.45) is 0 Å². The summed E-state index contributed by atoms with van der Waals surface area (Å²) in [5.74, 6) is -2.12. The second kappa shape index (κ2) is 10.8. The lowest BCUT2D eigenvalue weighted by Gasteiger charge is -2.22. The summed E-state index contributed by atoms with van der Waals surface area (Å²) in [6.45, 7) is 2.20. The van der Waals surface area contributed by atoms with Crippen LogP contribution in [0.1, 0.15) is 28.4 Å². The third-order valence-electron chi connectivity index (χ3n) is 6.72. The lowest BCUT2D eigenvalue weighted by Crippen LogP contribution is -2.29. The molecule has 1 fully saturated rings. The van der Waals surface area contributed by atoms with Crippen LogP contribution in [0.25, 0.3) is 16.0 Å². The van der Waals surface area contributed by atoms with E-state index < -0.39 is 23.5 Å². The van der Waals surface area contributed by atoms with Crippen molar-refractivity contribution in [2.75, 3.05) is 4.90 Å². The first-order valence-electron chi connectivity index (χ1n) is 12.6. The van der Waals surface area contributed by atoms with Crippen molar-refractivity contribution in [2.45, 2.75) is 19.6 Å². The van der Waals surface area contributed by atoms with Crippen LogP contribution in [0, 0.1) is 12.7 Å². The predicted molar refractivity (Wildman–Crippen MR) is 156 cm³/mol. The van der Waals surface area contributed by atoms with Crippen molar-refractivity contribution in [3.8, 4) is 5.75 Å². The van der Waals surface area contributed by atoms with E-state index >= 15 is 0 Å². The maximum absolute atomic E-state index is 14.1. The summed E-state index contributed by atoms with van der Waals surface area (Å²) < 4.78 is 20.5. The van der Waals surface area contributed by atoms with E-state index in [1.807, 2.05) is 37.3 Å². The number of carbonyl (C=O) groups excluding carboxylic acids is 2. The van der Waals surface area contributed by atoms with E-state index in [-0.39, 0.29) is 21.5 Å². The molecule has 5 aromatic rings. The smallest absolute Gasteiger partial charge is 0.301 e. The predicted octanol–water partition coefficient (Wildman–Crippen LogP) is 7.00. The second-order valence-corrected chi connectivity index (χ2v) is 10.8. The molecule has 1 atom stereocenters. The van der Waals surface area contributed by atoms with Crippen LogP contribution in [0.15, 0.2) is 90.6 Å². The van der Waals surface area contributed by atoms with Gasteiger partial charge < -0.3 is 9.84 Å². The summed E-state index contributed by atoms with van der Waals surface area (Å²) in [7, 11) is 0. The van der Waals surface area contributed by atoms with Crippen molar-refractivity contribution < 1.29 is 23.8 Å². The minimum absolute atomic E-state index is 0.107. The first-order valence-corrected chi connectivity index (χ1v) is 13.8. The minimum Gasteiger partial charge on any atom is -0.507 e. The number of benzene rings is 3. The van der Waals surface area contributed by atoms with Gasteiger partial charge in [0.2, 0.25) is 0 Å². The van der Waals surface area contributed by atoms with Gasteiger partial charge in [-0.15, -0.1) is 0 Å². The number of Topliss-reactive ketones (excluding diaryl/α,β-unsaturated/α-hetero) is 1. The van der Waals surface area contributed by atoms with Crippen molar-refractivity contribution in [3.63, 3.8) is 0 Å². The Labute approximate surface area is 243 Å². The number of aryl methyl sites for hydroxylation is 1. The van der Waals surface area contributed by atoms with Gasteiger partial charge in [-0.1, -0.05) is 59.3 Å². The molecule has 0 spiro atoms. The van der Waals surface area contributed by atoms with Crippen LogP contribution in [0.5, 0.6) is 5.75 Å². The van der Waals surface area contributed by atoms with Gasteiger partial charge in [0.1, 0.15) is 30.0 Å². The first-order chi connectivity index (χ1) is 19.8. The van der Waals surface area contributed by atoms with Crippen LogP contribution in [0.4, 0.5) is 9.52 Å². The molecule has 1 unspecified atom stereocenters. The molecule has 1 saturated heterocycles. The number of ether oxygens (including phenoxy) is 1. The van der Waals surface area contributed by atoms with E-state index in [2.05, 4.69) is 9.97 Å². The van der Waals surface area contributed by atoms with Gasteiger partial charge in [-0.2, -0.15) is 0 Å². The molecule has 3 aromatic carbocycles. The van der Waals surface area contributed by atoms with Crippen LogP contribution in [0.2, 0.25) is 5.02 Å². The van der Waals surface area contributed by atoms with Gasteiger partial charge in [0.15, 0.2) is 5.13 Å². The lowest BCUT2D eigenvalue weighted by atomic mass is 9.97. The fraction of sp³-hybridized carbons (Fsp3) is 0.0968. The standard InChI is InChI=1S/C31H21ClFN3O4S/c1-17-13-19(10-11-24(17)40-16-18-7-3-2-4-8-18)28(37)26-27(22-9-5-6-12-34-22)36(30(39)29(26)38)31-35-23-14-20(32)21(33)15-25(23)41-31/h2-15,27,37H,16H2,1H3/b28-26+. The molecule has 2 aromatic heterocycles. The number of halogens is 2. The van der Waals surface area contributed by atoms with E-state index in [1.165, 1.54) is 23.2 Å². The van der Waals surface area contributed by atoms with Crippen LogP contribution in [0.3, 0.4) is 0 Å². The molecule has 1 amide bonds. The Morgan fingerprint density at radius 2 is 1.85 bits per heavy atom. The number of nitrogens with zero attached hydrogens (tertiary/aromatic N) is 3. The average molecular weight is 586 g/mol. The van der Waals surface area contributed by atoms with Gasteiger partial charge in [0, 0.05) is 11.8 Å². The molecule has 0 radical (unpaired) electrons. The number of hydrogen-bond acceptors (Lipinski definition) is 7. The van der Waals surface area contributed by atoms with E-state index in [0.29, 0.717) is 33.8 Å². The zero-order chi connectivity index (χ0) is 28.7. The summed E-state index contributed by atoms with van der Waals surface area (Å²) in [5.41, 5.74) is 2.69. The quantitative estimate of drug-likeness (QED) is 0.131. The number of aliphatic hydroxyl groups is 1. The number of fused-ring (bicyclic) bond motifs is 1. The van der Waals surface area contributed by atoms with Crippen molar-refractivity contribution in [1.82, 2.24) is 9.97 Å². The lowest BCUT2D eigenvalue weighted by molar-refractivity contribution is -0.132. The van der Waals surface area contributed by atoms with Gasteiger partial charge in [-0.3, -0.25) is 19.5 Å². The van der Waals surface area contributed by atoms with Crippen LogP contribution >= 0.6 is 22.9 Å².